The Morgan fingerprint density at radius 2 is 1.62 bits per heavy atom. The van der Waals surface area contributed by atoms with Crippen molar-refractivity contribution in [3.8, 4) is 0 Å². The number of imidazole rings is 1. The summed E-state index contributed by atoms with van der Waals surface area (Å²) in [4.78, 5) is 87.9. The van der Waals surface area contributed by atoms with Gasteiger partial charge in [-0.1, -0.05) is 25.6 Å². The molecule has 28 nitrogen and oxygen atoms in total. The minimum absolute atomic E-state index is 0.0158. The Bertz CT molecular complexity index is 1980. The summed E-state index contributed by atoms with van der Waals surface area (Å²) in [6, 6.07) is 0. The number of nitrogen functional groups attached to an aromatic ring is 1. The maximum Gasteiger partial charge on any atom is 0.481 e. The van der Waals surface area contributed by atoms with Gasteiger partial charge in [-0.2, -0.15) is 4.31 Å². The number of aliphatic hydroxyl groups excluding tert-OH is 5. The molecule has 60 heavy (non-hydrogen) atoms. The van der Waals surface area contributed by atoms with E-state index in [1.165, 1.54) is 13.8 Å². The van der Waals surface area contributed by atoms with Crippen LogP contribution in [-0.4, -0.2) is 169 Å². The minimum Gasteiger partial charge on any atom is -0.394 e. The molecule has 2 saturated heterocycles. The third-order valence-corrected chi connectivity index (χ3v) is 12.8. The highest BCUT2D eigenvalue weighted by molar-refractivity contribution is 8.13. The topological polar surface area (TPSA) is 434 Å². The highest BCUT2D eigenvalue weighted by Crippen LogP contribution is 2.61. The summed E-state index contributed by atoms with van der Waals surface area (Å²) in [7, 11) is -16.5. The molecular formula is C28H46N7O21P3S. The van der Waals surface area contributed by atoms with Gasteiger partial charge < -0.3 is 70.9 Å². The third-order valence-electron chi connectivity index (χ3n) is 8.77. The van der Waals surface area contributed by atoms with E-state index in [9.17, 15) is 68.1 Å². The molecule has 0 saturated carbocycles. The average molecular weight is 942 g/mol. The first-order valence-corrected chi connectivity index (χ1v) is 23.0. The number of phosphoric acid groups is 3. The first-order chi connectivity index (χ1) is 27.8. The monoisotopic (exact) mass is 941 g/mol. The Morgan fingerprint density at radius 1 is 0.950 bits per heavy atom. The van der Waals surface area contributed by atoms with Crippen LogP contribution in [-0.2, 0) is 55.4 Å². The van der Waals surface area contributed by atoms with Crippen LogP contribution in [0, 0.1) is 5.41 Å². The smallest absolute Gasteiger partial charge is 0.394 e. The van der Waals surface area contributed by atoms with Crippen molar-refractivity contribution >= 4 is 69.1 Å². The summed E-state index contributed by atoms with van der Waals surface area (Å²) in [6.45, 7) is -0.407. The third kappa shape index (κ3) is 13.7. The summed E-state index contributed by atoms with van der Waals surface area (Å²) in [5, 5.41) is 54.7. The molecule has 2 aliphatic rings. The van der Waals surface area contributed by atoms with Crippen molar-refractivity contribution in [1.29, 1.82) is 0 Å². The molecule has 2 amide bonds. The second kappa shape index (κ2) is 20.7. The number of nitrogens with zero attached hydrogens (tertiary/aromatic N) is 4. The molecule has 2 aromatic rings. The normalized spacial score (nSPS) is 27.3. The Balaban J connectivity index is 1.19. The molecule has 2 aromatic heterocycles. The van der Waals surface area contributed by atoms with E-state index >= 15 is 0 Å². The largest absolute Gasteiger partial charge is 0.481 e. The number of rotatable bonds is 22. The summed E-state index contributed by atoms with van der Waals surface area (Å²) in [5.74, 6) is -1.48. The predicted molar refractivity (Wildman–Crippen MR) is 199 cm³/mol. The highest BCUT2D eigenvalue weighted by atomic mass is 32.2. The number of hydrogen-bond acceptors (Lipinski definition) is 22. The molecule has 4 rings (SSSR count). The zero-order chi connectivity index (χ0) is 44.8. The van der Waals surface area contributed by atoms with Crippen LogP contribution in [0.1, 0.15) is 32.9 Å². The van der Waals surface area contributed by atoms with Crippen molar-refractivity contribution in [3.63, 3.8) is 0 Å². The second-order valence-corrected chi connectivity index (χ2v) is 19.3. The fraction of sp³-hybridized carbons (Fsp3) is 0.714. The van der Waals surface area contributed by atoms with E-state index in [2.05, 4.69) is 34.4 Å². The number of nitrogens with two attached hydrogens (primary N) is 1. The fourth-order valence-corrected chi connectivity index (χ4v) is 9.21. The van der Waals surface area contributed by atoms with Gasteiger partial charge in [0.25, 0.3) is 0 Å². The zero-order valence-corrected chi connectivity index (χ0v) is 35.0. The average Bonchev–Trinajstić information content (AvgIpc) is 3.80. The lowest BCUT2D eigenvalue weighted by molar-refractivity contribution is -0.137. The van der Waals surface area contributed by atoms with Gasteiger partial charge in [0.15, 0.2) is 22.8 Å². The van der Waals surface area contributed by atoms with Crippen LogP contribution < -0.4 is 16.4 Å². The first-order valence-electron chi connectivity index (χ1n) is 17.5. The van der Waals surface area contributed by atoms with Gasteiger partial charge in [0, 0.05) is 37.1 Å². The Kier molecular flexibility index (Phi) is 17.3. The molecule has 32 heteroatoms. The number of fused-ring (bicyclic) bond motifs is 1. The van der Waals surface area contributed by atoms with E-state index in [1.54, 1.807) is 0 Å². The lowest BCUT2D eigenvalue weighted by Crippen LogP contribution is -2.46. The Morgan fingerprint density at radius 3 is 2.27 bits per heavy atom. The van der Waals surface area contributed by atoms with Gasteiger partial charge >= 0.3 is 23.5 Å². The first kappa shape index (κ1) is 50.0. The van der Waals surface area contributed by atoms with E-state index in [1.807, 2.05) is 0 Å². The van der Waals surface area contributed by atoms with Gasteiger partial charge in [0.1, 0.15) is 54.6 Å². The van der Waals surface area contributed by atoms with Crippen LogP contribution in [0.4, 0.5) is 5.82 Å². The molecule has 2 fully saturated rings. The molecule has 13 N–H and O–H groups in total. The molecule has 2 aliphatic heterocycles. The molecule has 0 bridgehead atoms. The van der Waals surface area contributed by atoms with Crippen LogP contribution in [0.25, 0.3) is 11.2 Å². The van der Waals surface area contributed by atoms with E-state index in [0.717, 1.165) is 29.0 Å². The Labute approximate surface area is 343 Å². The number of aliphatic hydroxyl groups is 5. The maximum absolute atomic E-state index is 12.7. The molecule has 3 unspecified atom stereocenters. The maximum atomic E-state index is 12.7. The summed E-state index contributed by atoms with van der Waals surface area (Å²) in [6.07, 6.45) is -12.1. The van der Waals surface area contributed by atoms with E-state index in [4.69, 9.17) is 29.4 Å². The van der Waals surface area contributed by atoms with Gasteiger partial charge in [-0.05, 0) is 0 Å². The van der Waals surface area contributed by atoms with Gasteiger partial charge in [0.2, 0.25) is 11.8 Å². The number of carbonyl (C=O) groups excluding carboxylic acids is 3. The highest BCUT2D eigenvalue weighted by Gasteiger charge is 2.50. The van der Waals surface area contributed by atoms with Crippen molar-refractivity contribution in [2.75, 3.05) is 44.4 Å². The second-order valence-electron chi connectivity index (χ2n) is 13.9. The van der Waals surface area contributed by atoms with Crippen molar-refractivity contribution < 1.29 is 101 Å². The van der Waals surface area contributed by atoms with Crippen LogP contribution >= 0.6 is 35.2 Å². The summed E-state index contributed by atoms with van der Waals surface area (Å²) >= 11 is 0.834. The molecule has 0 radical (unpaired) electrons. The lowest BCUT2D eigenvalue weighted by atomic mass is 9.87. The molecule has 0 aromatic carbocycles. The number of anilines is 1. The van der Waals surface area contributed by atoms with E-state index in [0.29, 0.717) is 0 Å². The van der Waals surface area contributed by atoms with E-state index in [-0.39, 0.29) is 48.7 Å². The van der Waals surface area contributed by atoms with Crippen molar-refractivity contribution in [1.82, 2.24) is 30.2 Å². The molecule has 0 spiro atoms. The Hall–Kier alpha value is -2.60. The standard InChI is InChI=1S/C28H46N7O21P3S/c1-28(2,23(42)26(43)31-4-3-16(37)30-5-6-60-17(38)7-13-19(39)20(40)14(8-36)53-13)10-52-59(49,50)56-58(47,48)51-9-15-22(55-57(44,45)46)21(41)27(54-15)35-12-34-18-24(29)32-11-33-25(18)35/h11-15,19-23,27,36,39-42H,3-10H2,1-2H3,(H,30,37)(H,31,43)(H,47,48)(H,49,50)(H2,29,32,33)(H2,44,45,46)/t13?,14-,15-,19+,20-,21-,22-,23+,27-/m1/s1. The number of carbonyl (C=O) groups is 3. The molecule has 340 valence electrons. The summed E-state index contributed by atoms with van der Waals surface area (Å²) in [5.41, 5.74) is 4.18. The molecule has 4 heterocycles. The van der Waals surface area contributed by atoms with Crippen molar-refractivity contribution in [3.05, 3.63) is 12.7 Å². The van der Waals surface area contributed by atoms with Gasteiger partial charge in [-0.3, -0.25) is 32.5 Å². The number of amides is 2. The number of aromatic nitrogens is 4. The van der Waals surface area contributed by atoms with Crippen LogP contribution in [0.3, 0.4) is 0 Å². The van der Waals surface area contributed by atoms with Gasteiger partial charge in [-0.15, -0.1) is 0 Å². The quantitative estimate of drug-likeness (QED) is 0.0403. The predicted octanol–water partition coefficient (Wildman–Crippen LogP) is -3.46. The minimum atomic E-state index is -5.60. The number of nitrogens with one attached hydrogen (secondary N) is 2. The van der Waals surface area contributed by atoms with Crippen LogP contribution in [0.2, 0.25) is 0 Å². The zero-order valence-electron chi connectivity index (χ0n) is 31.5. The fourth-order valence-electron chi connectivity index (χ4n) is 5.66. The SMILES string of the molecule is CC(C)(COP(=O)(O)OP(=O)(O)OC[C@H]1O[C@@H](n2cnc3c(N)ncnc32)[C@H](O)[C@@H]1OP(=O)(O)O)[C@@H](O)C(=O)NCCC(=O)NCCSC(=O)CC1O[C@H](CO)[C@@H](O)[C@H]1O. The number of phosphoric ester groups is 3. The number of ether oxygens (including phenoxy) is 2. The van der Waals surface area contributed by atoms with Gasteiger partial charge in [0.05, 0.1) is 32.3 Å². The molecular weight excluding hydrogens is 895 g/mol. The van der Waals surface area contributed by atoms with Crippen LogP contribution in [0.5, 0.6) is 0 Å². The van der Waals surface area contributed by atoms with Crippen molar-refractivity contribution in [2.24, 2.45) is 5.41 Å². The van der Waals surface area contributed by atoms with Crippen molar-refractivity contribution in [2.45, 2.75) is 81.7 Å². The lowest BCUT2D eigenvalue weighted by Gasteiger charge is -2.30. The number of hydrogen-bond donors (Lipinski definition) is 12. The van der Waals surface area contributed by atoms with Gasteiger partial charge in [-0.25, -0.2) is 28.6 Å². The summed E-state index contributed by atoms with van der Waals surface area (Å²) < 4.78 is 67.3. The molecule has 11 atom stereocenters. The number of thioether (sulfide) groups is 1. The molecule has 0 aliphatic carbocycles. The van der Waals surface area contributed by atoms with E-state index < -0.39 is 121 Å². The van der Waals surface area contributed by atoms with Crippen LogP contribution in [0.15, 0.2) is 12.7 Å².